The number of fused-ring (bicyclic) bond motifs is 1. The van der Waals surface area contributed by atoms with Crippen LogP contribution in [-0.4, -0.2) is 81.8 Å². The second-order valence-corrected chi connectivity index (χ2v) is 11.9. The summed E-state index contributed by atoms with van der Waals surface area (Å²) in [6.07, 6.45) is 8.82. The van der Waals surface area contributed by atoms with Crippen molar-refractivity contribution in [3.05, 3.63) is 25.3 Å². The molecule has 4 fully saturated rings. The molecule has 3 heterocycles. The van der Waals surface area contributed by atoms with Gasteiger partial charge >= 0.3 is 5.97 Å². The quantitative estimate of drug-likeness (QED) is 0.354. The lowest BCUT2D eigenvalue weighted by molar-refractivity contribution is -0.164. The number of amides is 2. The molecule has 3 aliphatic heterocycles. The molecular weight excluding hydrogens is 472 g/mol. The van der Waals surface area contributed by atoms with E-state index in [1.54, 1.807) is 11.0 Å². The molecule has 4 rings (SSSR count). The number of nitrogens with zero attached hydrogens (tertiary/aromatic N) is 2. The minimum atomic E-state index is -1.16. The second kappa shape index (κ2) is 10.5. The number of likely N-dealkylation sites (tertiary alicyclic amines) is 1. The molecule has 1 aliphatic carbocycles. The SMILES string of the molecule is C=CCOC(=O)[C@@H]1[C@H]2C(=O)N([C@@H](CO)C(C)C)C(C(=O)N(CC=C)C3CCCCC3)C23CC(C)[C@@]1(C)O3. The van der Waals surface area contributed by atoms with Crippen LogP contribution in [0.3, 0.4) is 0 Å². The van der Waals surface area contributed by atoms with Crippen LogP contribution in [0.2, 0.25) is 0 Å². The lowest BCUT2D eigenvalue weighted by Gasteiger charge is -2.43. The van der Waals surface area contributed by atoms with Crippen LogP contribution in [0.1, 0.15) is 66.2 Å². The third kappa shape index (κ3) is 4.24. The van der Waals surface area contributed by atoms with Crippen LogP contribution in [0.25, 0.3) is 0 Å². The molecular formula is C29H44N2O6. The molecule has 2 bridgehead atoms. The summed E-state index contributed by atoms with van der Waals surface area (Å²) in [5.74, 6) is -2.81. The molecule has 8 nitrogen and oxygen atoms in total. The average Bonchev–Trinajstić information content (AvgIpc) is 3.38. The standard InChI is InChI=1S/C29H44N2O6/c1-7-14-30(20-12-10-9-11-13-20)26(34)24-29-16-19(5)28(6,37-29)23(27(35)36-15-8-2)22(29)25(33)31(24)21(17-32)18(3)4/h7-8,18-24,32H,1-2,9-17H2,3-6H3/t19?,21-,22-,23-,24?,28+,29?/m0/s1. The van der Waals surface area contributed by atoms with E-state index in [0.717, 1.165) is 32.1 Å². The summed E-state index contributed by atoms with van der Waals surface area (Å²) >= 11 is 0. The van der Waals surface area contributed by atoms with Gasteiger partial charge in [0.25, 0.3) is 0 Å². The number of esters is 1. The molecule has 206 valence electrons. The Morgan fingerprint density at radius 2 is 1.92 bits per heavy atom. The summed E-state index contributed by atoms with van der Waals surface area (Å²) < 4.78 is 12.3. The van der Waals surface area contributed by atoms with E-state index in [-0.39, 0.29) is 42.9 Å². The average molecular weight is 517 g/mol. The summed E-state index contributed by atoms with van der Waals surface area (Å²) in [6.45, 7) is 15.4. The molecule has 3 saturated heterocycles. The number of hydrogen-bond acceptors (Lipinski definition) is 6. The third-order valence-corrected chi connectivity index (χ3v) is 9.52. The lowest BCUT2D eigenvalue weighted by atomic mass is 9.62. The molecule has 0 radical (unpaired) electrons. The van der Waals surface area contributed by atoms with Crippen LogP contribution in [0, 0.1) is 23.7 Å². The van der Waals surface area contributed by atoms with E-state index < -0.39 is 41.1 Å². The molecule has 2 amide bonds. The summed E-state index contributed by atoms with van der Waals surface area (Å²) in [5.41, 5.74) is -2.08. The van der Waals surface area contributed by atoms with Crippen molar-refractivity contribution in [2.45, 2.75) is 95.5 Å². The summed E-state index contributed by atoms with van der Waals surface area (Å²) in [4.78, 5) is 45.7. The van der Waals surface area contributed by atoms with Gasteiger partial charge in [-0.05, 0) is 38.0 Å². The van der Waals surface area contributed by atoms with E-state index in [4.69, 9.17) is 9.47 Å². The zero-order valence-corrected chi connectivity index (χ0v) is 22.9. The van der Waals surface area contributed by atoms with Gasteiger partial charge in [0.2, 0.25) is 11.8 Å². The van der Waals surface area contributed by atoms with E-state index in [1.807, 2.05) is 32.6 Å². The number of ether oxygens (including phenoxy) is 2. The van der Waals surface area contributed by atoms with E-state index >= 15 is 0 Å². The van der Waals surface area contributed by atoms with Gasteiger partial charge in [-0.15, -0.1) is 6.58 Å². The molecule has 0 aromatic heterocycles. The highest BCUT2D eigenvalue weighted by Crippen LogP contribution is 2.66. The summed E-state index contributed by atoms with van der Waals surface area (Å²) in [7, 11) is 0. The van der Waals surface area contributed by atoms with Crippen molar-refractivity contribution in [1.82, 2.24) is 9.80 Å². The van der Waals surface area contributed by atoms with Crippen LogP contribution in [0.4, 0.5) is 0 Å². The highest BCUT2D eigenvalue weighted by atomic mass is 16.6. The maximum atomic E-state index is 14.6. The van der Waals surface area contributed by atoms with Gasteiger partial charge in [-0.3, -0.25) is 14.4 Å². The predicted molar refractivity (Wildman–Crippen MR) is 139 cm³/mol. The van der Waals surface area contributed by atoms with Gasteiger partial charge in [0, 0.05) is 12.6 Å². The fraction of sp³-hybridized carbons (Fsp3) is 0.759. The van der Waals surface area contributed by atoms with Crippen molar-refractivity contribution in [2.24, 2.45) is 23.7 Å². The predicted octanol–water partition coefficient (Wildman–Crippen LogP) is 3.09. The van der Waals surface area contributed by atoms with Crippen molar-refractivity contribution < 1.29 is 29.0 Å². The first-order valence-electron chi connectivity index (χ1n) is 13.9. The zero-order valence-electron chi connectivity index (χ0n) is 22.9. The first kappa shape index (κ1) is 27.8. The molecule has 0 aromatic rings. The Labute approximate surface area is 221 Å². The van der Waals surface area contributed by atoms with E-state index in [0.29, 0.717) is 13.0 Å². The maximum Gasteiger partial charge on any atom is 0.313 e. The van der Waals surface area contributed by atoms with Gasteiger partial charge in [0.1, 0.15) is 24.2 Å². The fourth-order valence-corrected chi connectivity index (χ4v) is 7.63. The summed E-state index contributed by atoms with van der Waals surface area (Å²) in [5, 5.41) is 10.4. The molecule has 8 heteroatoms. The smallest absolute Gasteiger partial charge is 0.313 e. The molecule has 3 unspecified atom stereocenters. The third-order valence-electron chi connectivity index (χ3n) is 9.52. The van der Waals surface area contributed by atoms with Gasteiger partial charge < -0.3 is 24.4 Å². The van der Waals surface area contributed by atoms with Crippen molar-refractivity contribution in [2.75, 3.05) is 19.8 Å². The fourth-order valence-electron chi connectivity index (χ4n) is 7.63. The maximum absolute atomic E-state index is 14.6. The molecule has 1 saturated carbocycles. The molecule has 4 aliphatic rings. The second-order valence-electron chi connectivity index (χ2n) is 11.9. The van der Waals surface area contributed by atoms with Crippen LogP contribution in [0.15, 0.2) is 25.3 Å². The normalized spacial score (nSPS) is 35.9. The topological polar surface area (TPSA) is 96.4 Å². The largest absolute Gasteiger partial charge is 0.461 e. The van der Waals surface area contributed by atoms with Gasteiger partial charge in [-0.2, -0.15) is 0 Å². The van der Waals surface area contributed by atoms with Gasteiger partial charge in [0.15, 0.2) is 0 Å². The van der Waals surface area contributed by atoms with Crippen molar-refractivity contribution in [1.29, 1.82) is 0 Å². The van der Waals surface area contributed by atoms with E-state index in [1.165, 1.54) is 6.08 Å². The monoisotopic (exact) mass is 516 g/mol. The Morgan fingerprint density at radius 1 is 1.24 bits per heavy atom. The van der Waals surface area contributed by atoms with Crippen molar-refractivity contribution in [3.8, 4) is 0 Å². The molecule has 1 N–H and O–H groups in total. The Kier molecular flexibility index (Phi) is 7.92. The van der Waals surface area contributed by atoms with Gasteiger partial charge in [-0.25, -0.2) is 0 Å². The van der Waals surface area contributed by atoms with Gasteiger partial charge in [0.05, 0.1) is 24.2 Å². The Hall–Kier alpha value is -2.19. The minimum absolute atomic E-state index is 0.0415. The van der Waals surface area contributed by atoms with E-state index in [2.05, 4.69) is 13.2 Å². The van der Waals surface area contributed by atoms with Crippen LogP contribution >= 0.6 is 0 Å². The summed E-state index contributed by atoms with van der Waals surface area (Å²) in [6, 6.07) is -1.43. The highest BCUT2D eigenvalue weighted by Gasteiger charge is 2.81. The van der Waals surface area contributed by atoms with Crippen LogP contribution in [0.5, 0.6) is 0 Å². The highest BCUT2D eigenvalue weighted by molar-refractivity contribution is 5.99. The number of aliphatic hydroxyl groups excluding tert-OH is 1. The minimum Gasteiger partial charge on any atom is -0.461 e. The first-order valence-corrected chi connectivity index (χ1v) is 13.9. The van der Waals surface area contributed by atoms with E-state index in [9.17, 15) is 19.5 Å². The number of carbonyl (C=O) groups is 3. The Balaban J connectivity index is 1.83. The number of rotatable bonds is 10. The molecule has 7 atom stereocenters. The lowest BCUT2D eigenvalue weighted by Crippen LogP contribution is -2.61. The number of hydrogen-bond donors (Lipinski definition) is 1. The Bertz CT molecular complexity index is 929. The number of carbonyl (C=O) groups excluding carboxylic acids is 3. The Morgan fingerprint density at radius 3 is 2.49 bits per heavy atom. The molecule has 37 heavy (non-hydrogen) atoms. The first-order chi connectivity index (χ1) is 17.6. The van der Waals surface area contributed by atoms with Crippen molar-refractivity contribution in [3.63, 3.8) is 0 Å². The zero-order chi connectivity index (χ0) is 27.1. The van der Waals surface area contributed by atoms with Crippen LogP contribution in [-0.2, 0) is 23.9 Å². The van der Waals surface area contributed by atoms with Gasteiger partial charge in [-0.1, -0.05) is 58.8 Å². The molecule has 1 spiro atoms. The number of aliphatic hydroxyl groups is 1. The van der Waals surface area contributed by atoms with Crippen molar-refractivity contribution >= 4 is 17.8 Å². The van der Waals surface area contributed by atoms with Crippen LogP contribution < -0.4 is 0 Å². The molecule has 0 aromatic carbocycles.